The number of aliphatic imine (C=N–C) groups is 1. The Bertz CT molecular complexity index is 578. The summed E-state index contributed by atoms with van der Waals surface area (Å²) in [6, 6.07) is 4.88. The lowest BCUT2D eigenvalue weighted by Crippen LogP contribution is -2.40. The standard InChI is InChI=1S/C17H26F4N4.HI/c1-12-6-7-14(10-15(12)18)13(2)24-16(22-3)23-8-5-9-25(4)11-17(19,20)21;/h6-7,10,13H,5,8-9,11H2,1-4H3,(H2,22,23,24);1H. The Morgan fingerprint density at radius 1 is 1.31 bits per heavy atom. The van der Waals surface area contributed by atoms with Crippen molar-refractivity contribution in [2.24, 2.45) is 4.99 Å². The third-order valence-electron chi connectivity index (χ3n) is 3.73. The van der Waals surface area contributed by atoms with Gasteiger partial charge in [-0.25, -0.2) is 4.39 Å². The molecule has 0 fully saturated rings. The van der Waals surface area contributed by atoms with Crippen LogP contribution in [0.1, 0.15) is 30.5 Å². The van der Waals surface area contributed by atoms with Crippen molar-refractivity contribution in [3.63, 3.8) is 0 Å². The van der Waals surface area contributed by atoms with Gasteiger partial charge in [-0.2, -0.15) is 13.2 Å². The summed E-state index contributed by atoms with van der Waals surface area (Å²) in [6.45, 7) is 3.47. The fraction of sp³-hybridized carbons (Fsp3) is 0.588. The largest absolute Gasteiger partial charge is 0.401 e. The molecule has 26 heavy (non-hydrogen) atoms. The Kier molecular flexibility index (Phi) is 11.1. The van der Waals surface area contributed by atoms with Crippen LogP contribution < -0.4 is 10.6 Å². The molecule has 1 rings (SSSR count). The molecule has 0 radical (unpaired) electrons. The lowest BCUT2D eigenvalue weighted by Gasteiger charge is -2.20. The molecule has 1 atom stereocenters. The van der Waals surface area contributed by atoms with E-state index in [0.29, 0.717) is 31.0 Å². The van der Waals surface area contributed by atoms with E-state index < -0.39 is 12.7 Å². The molecule has 0 heterocycles. The van der Waals surface area contributed by atoms with E-state index >= 15 is 0 Å². The van der Waals surface area contributed by atoms with Gasteiger partial charge in [-0.15, -0.1) is 24.0 Å². The first-order valence-electron chi connectivity index (χ1n) is 8.11. The fourth-order valence-electron chi connectivity index (χ4n) is 2.30. The lowest BCUT2D eigenvalue weighted by atomic mass is 10.1. The van der Waals surface area contributed by atoms with E-state index in [1.807, 2.05) is 13.0 Å². The van der Waals surface area contributed by atoms with Crippen LogP contribution in [0.25, 0.3) is 0 Å². The maximum Gasteiger partial charge on any atom is 0.401 e. The number of hydrogen-bond acceptors (Lipinski definition) is 2. The molecule has 0 amide bonds. The van der Waals surface area contributed by atoms with Gasteiger partial charge in [0.05, 0.1) is 12.6 Å². The molecule has 4 nitrogen and oxygen atoms in total. The molecule has 150 valence electrons. The number of benzene rings is 1. The third kappa shape index (κ3) is 9.56. The number of aryl methyl sites for hydroxylation is 1. The van der Waals surface area contributed by atoms with Crippen molar-refractivity contribution >= 4 is 29.9 Å². The highest BCUT2D eigenvalue weighted by Gasteiger charge is 2.28. The number of nitrogens with one attached hydrogen (secondary N) is 2. The Labute approximate surface area is 169 Å². The summed E-state index contributed by atoms with van der Waals surface area (Å²) in [6.07, 6.45) is -3.64. The molecule has 0 aromatic heterocycles. The smallest absolute Gasteiger partial charge is 0.356 e. The molecular weight excluding hydrogens is 463 g/mol. The minimum Gasteiger partial charge on any atom is -0.356 e. The third-order valence-corrected chi connectivity index (χ3v) is 3.73. The molecule has 1 aromatic rings. The number of rotatable bonds is 7. The van der Waals surface area contributed by atoms with Gasteiger partial charge in [0, 0.05) is 13.6 Å². The fourth-order valence-corrected chi connectivity index (χ4v) is 2.30. The molecule has 0 saturated carbocycles. The normalized spacial score (nSPS) is 13.3. The lowest BCUT2D eigenvalue weighted by molar-refractivity contribution is -0.143. The molecular formula is C17H27F4IN4. The first-order valence-corrected chi connectivity index (χ1v) is 8.11. The van der Waals surface area contributed by atoms with E-state index in [4.69, 9.17) is 0 Å². The van der Waals surface area contributed by atoms with Crippen molar-refractivity contribution in [1.82, 2.24) is 15.5 Å². The minimum absolute atomic E-state index is 0. The molecule has 0 spiro atoms. The van der Waals surface area contributed by atoms with Crippen LogP contribution in [-0.4, -0.2) is 50.8 Å². The average Bonchev–Trinajstić information content (AvgIpc) is 2.51. The van der Waals surface area contributed by atoms with Crippen molar-refractivity contribution in [3.05, 3.63) is 35.1 Å². The van der Waals surface area contributed by atoms with Gasteiger partial charge in [0.15, 0.2) is 5.96 Å². The van der Waals surface area contributed by atoms with Crippen LogP contribution in [0, 0.1) is 12.7 Å². The Balaban J connectivity index is 0.00000625. The number of halogens is 5. The van der Waals surface area contributed by atoms with E-state index in [-0.39, 0.29) is 35.8 Å². The van der Waals surface area contributed by atoms with Crippen LogP contribution >= 0.6 is 24.0 Å². The second-order valence-electron chi connectivity index (χ2n) is 6.08. The maximum atomic E-state index is 13.6. The zero-order valence-electron chi connectivity index (χ0n) is 15.5. The molecule has 0 aliphatic carbocycles. The highest BCUT2D eigenvalue weighted by Crippen LogP contribution is 2.16. The second kappa shape index (κ2) is 11.6. The van der Waals surface area contributed by atoms with Crippen molar-refractivity contribution in [2.45, 2.75) is 32.5 Å². The zero-order chi connectivity index (χ0) is 19.0. The summed E-state index contributed by atoms with van der Waals surface area (Å²) < 4.78 is 50.4. The Morgan fingerprint density at radius 3 is 2.50 bits per heavy atom. The molecule has 1 unspecified atom stereocenters. The molecule has 0 saturated heterocycles. The van der Waals surface area contributed by atoms with Crippen LogP contribution in [-0.2, 0) is 0 Å². The number of alkyl halides is 3. The van der Waals surface area contributed by atoms with E-state index in [9.17, 15) is 17.6 Å². The molecule has 0 aliphatic heterocycles. The first-order chi connectivity index (χ1) is 11.6. The van der Waals surface area contributed by atoms with Gasteiger partial charge in [0.25, 0.3) is 0 Å². The van der Waals surface area contributed by atoms with E-state index in [1.54, 1.807) is 20.0 Å². The van der Waals surface area contributed by atoms with Crippen molar-refractivity contribution in [2.75, 3.05) is 33.7 Å². The Morgan fingerprint density at radius 2 is 1.96 bits per heavy atom. The molecule has 0 bridgehead atoms. The Hall–Kier alpha value is -1.10. The van der Waals surface area contributed by atoms with Gasteiger partial charge in [0.2, 0.25) is 0 Å². The number of guanidine groups is 1. The van der Waals surface area contributed by atoms with Crippen molar-refractivity contribution < 1.29 is 17.6 Å². The first kappa shape index (κ1) is 24.9. The van der Waals surface area contributed by atoms with Crippen LogP contribution in [0.2, 0.25) is 0 Å². The molecule has 2 N–H and O–H groups in total. The van der Waals surface area contributed by atoms with Gasteiger partial charge in [-0.3, -0.25) is 9.89 Å². The SMILES string of the molecule is CN=C(NCCCN(C)CC(F)(F)F)NC(C)c1ccc(C)c(F)c1.I. The van der Waals surface area contributed by atoms with Crippen LogP contribution in [0.5, 0.6) is 0 Å². The van der Waals surface area contributed by atoms with Crippen LogP contribution in [0.4, 0.5) is 17.6 Å². The summed E-state index contributed by atoms with van der Waals surface area (Å²) in [7, 11) is 3.04. The summed E-state index contributed by atoms with van der Waals surface area (Å²) in [5.41, 5.74) is 1.37. The van der Waals surface area contributed by atoms with Crippen LogP contribution in [0.15, 0.2) is 23.2 Å². The zero-order valence-corrected chi connectivity index (χ0v) is 17.8. The van der Waals surface area contributed by atoms with E-state index in [1.165, 1.54) is 18.0 Å². The summed E-state index contributed by atoms with van der Waals surface area (Å²) >= 11 is 0. The number of hydrogen-bond donors (Lipinski definition) is 2. The summed E-state index contributed by atoms with van der Waals surface area (Å²) in [5.74, 6) is 0.258. The van der Waals surface area contributed by atoms with Gasteiger partial charge in [0.1, 0.15) is 5.82 Å². The van der Waals surface area contributed by atoms with Crippen molar-refractivity contribution in [3.8, 4) is 0 Å². The number of nitrogens with zero attached hydrogens (tertiary/aromatic N) is 2. The highest BCUT2D eigenvalue weighted by molar-refractivity contribution is 14.0. The molecule has 9 heteroatoms. The maximum absolute atomic E-state index is 13.6. The van der Waals surface area contributed by atoms with Gasteiger partial charge in [-0.05, 0) is 51.1 Å². The molecule has 1 aromatic carbocycles. The topological polar surface area (TPSA) is 39.7 Å². The van der Waals surface area contributed by atoms with Gasteiger partial charge < -0.3 is 10.6 Å². The summed E-state index contributed by atoms with van der Waals surface area (Å²) in [5, 5.41) is 6.19. The monoisotopic (exact) mass is 490 g/mol. The van der Waals surface area contributed by atoms with Crippen molar-refractivity contribution in [1.29, 1.82) is 0 Å². The van der Waals surface area contributed by atoms with Gasteiger partial charge >= 0.3 is 6.18 Å². The quantitative estimate of drug-likeness (QED) is 0.201. The minimum atomic E-state index is -4.18. The summed E-state index contributed by atoms with van der Waals surface area (Å²) in [4.78, 5) is 5.31. The van der Waals surface area contributed by atoms with Gasteiger partial charge in [-0.1, -0.05) is 12.1 Å². The second-order valence-corrected chi connectivity index (χ2v) is 6.08. The molecule has 0 aliphatic rings. The predicted molar refractivity (Wildman–Crippen MR) is 108 cm³/mol. The predicted octanol–water partition coefficient (Wildman–Crippen LogP) is 3.86. The van der Waals surface area contributed by atoms with E-state index in [2.05, 4.69) is 15.6 Å². The van der Waals surface area contributed by atoms with E-state index in [0.717, 1.165) is 5.56 Å². The average molecular weight is 490 g/mol. The van der Waals surface area contributed by atoms with Crippen LogP contribution in [0.3, 0.4) is 0 Å². The highest BCUT2D eigenvalue weighted by atomic mass is 127.